The zero-order valence-corrected chi connectivity index (χ0v) is 9.40. The minimum Gasteiger partial charge on any atom is -0.384 e. The molecule has 1 aromatic rings. The fourth-order valence-corrected chi connectivity index (χ4v) is 1.21. The second-order valence-corrected chi connectivity index (χ2v) is 3.74. The van der Waals surface area contributed by atoms with Crippen LogP contribution in [0.15, 0.2) is 12.3 Å². The van der Waals surface area contributed by atoms with Crippen molar-refractivity contribution in [1.82, 2.24) is 14.9 Å². The zero-order chi connectivity index (χ0) is 11.1. The number of hydrogen-bond donors (Lipinski definition) is 2. The molecule has 15 heavy (non-hydrogen) atoms. The number of aromatic nitrogens is 2. The fourth-order valence-electron chi connectivity index (χ4n) is 1.21. The topological polar surface area (TPSA) is 67.1 Å². The van der Waals surface area contributed by atoms with Crippen molar-refractivity contribution >= 4 is 11.8 Å². The average molecular weight is 209 g/mol. The molecule has 0 radical (unpaired) electrons. The molecule has 0 aliphatic heterocycles. The largest absolute Gasteiger partial charge is 0.384 e. The van der Waals surface area contributed by atoms with Crippen LogP contribution in [0.4, 0.5) is 11.8 Å². The average Bonchev–Trinajstić information content (AvgIpc) is 2.17. The maximum absolute atomic E-state index is 5.53. The van der Waals surface area contributed by atoms with Crippen LogP contribution in [0, 0.1) is 0 Å². The van der Waals surface area contributed by atoms with Crippen molar-refractivity contribution in [2.24, 2.45) is 0 Å². The van der Waals surface area contributed by atoms with Crippen LogP contribution in [0.5, 0.6) is 0 Å². The van der Waals surface area contributed by atoms with E-state index in [2.05, 4.69) is 34.3 Å². The van der Waals surface area contributed by atoms with Gasteiger partial charge >= 0.3 is 0 Å². The first kappa shape index (κ1) is 11.7. The molecule has 0 bridgehead atoms. The molecule has 5 nitrogen and oxygen atoms in total. The maximum atomic E-state index is 5.53. The lowest BCUT2D eigenvalue weighted by atomic mass is 10.3. The number of nitrogens with zero attached hydrogens (tertiary/aromatic N) is 3. The van der Waals surface area contributed by atoms with Crippen LogP contribution in [0.1, 0.15) is 12.8 Å². The minimum atomic E-state index is 0.501. The zero-order valence-electron chi connectivity index (χ0n) is 9.40. The lowest BCUT2D eigenvalue weighted by Crippen LogP contribution is -2.14. The Balaban J connectivity index is 2.15. The molecule has 5 heteroatoms. The Morgan fingerprint density at radius 2 is 2.20 bits per heavy atom. The predicted molar refractivity (Wildman–Crippen MR) is 62.7 cm³/mol. The van der Waals surface area contributed by atoms with Crippen LogP contribution >= 0.6 is 0 Å². The number of anilines is 2. The summed E-state index contributed by atoms with van der Waals surface area (Å²) in [4.78, 5) is 10.3. The van der Waals surface area contributed by atoms with Crippen LogP contribution in [-0.4, -0.2) is 42.1 Å². The summed E-state index contributed by atoms with van der Waals surface area (Å²) in [5, 5.41) is 3.14. The Bertz CT molecular complexity index is 287. The van der Waals surface area contributed by atoms with Gasteiger partial charge in [-0.2, -0.15) is 4.98 Å². The van der Waals surface area contributed by atoms with E-state index in [0.717, 1.165) is 19.5 Å². The maximum Gasteiger partial charge on any atom is 0.224 e. The molecule has 84 valence electrons. The summed E-state index contributed by atoms with van der Waals surface area (Å²) in [6.45, 7) is 2.00. The van der Waals surface area contributed by atoms with Crippen LogP contribution in [0.3, 0.4) is 0 Å². The van der Waals surface area contributed by atoms with Crippen molar-refractivity contribution in [2.45, 2.75) is 12.8 Å². The first-order valence-corrected chi connectivity index (χ1v) is 5.15. The molecule has 1 aromatic heterocycles. The molecule has 0 aliphatic carbocycles. The van der Waals surface area contributed by atoms with Gasteiger partial charge in [-0.05, 0) is 39.5 Å². The van der Waals surface area contributed by atoms with Crippen molar-refractivity contribution in [3.63, 3.8) is 0 Å². The second-order valence-electron chi connectivity index (χ2n) is 3.74. The Morgan fingerprint density at radius 3 is 2.87 bits per heavy atom. The molecule has 0 amide bonds. The van der Waals surface area contributed by atoms with E-state index >= 15 is 0 Å². The molecule has 0 spiro atoms. The van der Waals surface area contributed by atoms with Gasteiger partial charge in [0.05, 0.1) is 0 Å². The number of nitrogens with one attached hydrogen (secondary N) is 1. The number of hydrogen-bond acceptors (Lipinski definition) is 5. The SMILES string of the molecule is CN(C)CCCCNc1nccc(N)n1. The Kier molecular flexibility index (Phi) is 4.83. The van der Waals surface area contributed by atoms with Gasteiger partial charge in [-0.25, -0.2) is 4.98 Å². The highest BCUT2D eigenvalue weighted by Crippen LogP contribution is 2.01. The van der Waals surface area contributed by atoms with Gasteiger partial charge < -0.3 is 16.0 Å². The fraction of sp³-hybridized carbons (Fsp3) is 0.600. The molecule has 1 rings (SSSR count). The molecule has 0 atom stereocenters. The van der Waals surface area contributed by atoms with Crippen molar-refractivity contribution in [1.29, 1.82) is 0 Å². The third kappa shape index (κ3) is 5.17. The number of rotatable bonds is 6. The standard InChI is InChI=1S/C10H19N5/c1-15(2)8-4-3-6-12-10-13-7-5-9(11)14-10/h5,7H,3-4,6,8H2,1-2H3,(H3,11,12,13,14). The summed E-state index contributed by atoms with van der Waals surface area (Å²) >= 11 is 0. The van der Waals surface area contributed by atoms with Crippen molar-refractivity contribution < 1.29 is 0 Å². The summed E-state index contributed by atoms with van der Waals surface area (Å²) in [5.74, 6) is 1.11. The Morgan fingerprint density at radius 1 is 1.40 bits per heavy atom. The predicted octanol–water partition coefficient (Wildman–Crippen LogP) is 0.812. The van der Waals surface area contributed by atoms with E-state index in [-0.39, 0.29) is 0 Å². The van der Waals surface area contributed by atoms with Gasteiger partial charge in [0.2, 0.25) is 5.95 Å². The Labute approximate surface area is 90.7 Å². The molecular weight excluding hydrogens is 190 g/mol. The van der Waals surface area contributed by atoms with Crippen LogP contribution in [-0.2, 0) is 0 Å². The monoisotopic (exact) mass is 209 g/mol. The molecule has 0 fully saturated rings. The molecular formula is C10H19N5. The molecule has 3 N–H and O–H groups in total. The van der Waals surface area contributed by atoms with Gasteiger partial charge in [-0.1, -0.05) is 0 Å². The molecule has 0 saturated carbocycles. The Hall–Kier alpha value is -1.36. The van der Waals surface area contributed by atoms with E-state index in [1.54, 1.807) is 12.3 Å². The third-order valence-electron chi connectivity index (χ3n) is 1.99. The van der Waals surface area contributed by atoms with E-state index in [1.165, 1.54) is 6.42 Å². The lowest BCUT2D eigenvalue weighted by Gasteiger charge is -2.09. The highest BCUT2D eigenvalue weighted by Gasteiger charge is 1.95. The van der Waals surface area contributed by atoms with Gasteiger partial charge in [0, 0.05) is 12.7 Å². The van der Waals surface area contributed by atoms with E-state index in [9.17, 15) is 0 Å². The van der Waals surface area contributed by atoms with E-state index < -0.39 is 0 Å². The molecule has 0 saturated heterocycles. The molecule has 0 aromatic carbocycles. The third-order valence-corrected chi connectivity index (χ3v) is 1.99. The van der Waals surface area contributed by atoms with E-state index in [4.69, 9.17) is 5.73 Å². The van der Waals surface area contributed by atoms with Crippen molar-refractivity contribution in [2.75, 3.05) is 38.2 Å². The number of nitrogens with two attached hydrogens (primary N) is 1. The first-order valence-electron chi connectivity index (χ1n) is 5.15. The highest BCUT2D eigenvalue weighted by atomic mass is 15.1. The molecule has 1 heterocycles. The van der Waals surface area contributed by atoms with Gasteiger partial charge in [-0.15, -0.1) is 0 Å². The summed E-state index contributed by atoms with van der Waals surface area (Å²) in [6.07, 6.45) is 3.93. The minimum absolute atomic E-state index is 0.501. The van der Waals surface area contributed by atoms with E-state index in [0.29, 0.717) is 11.8 Å². The van der Waals surface area contributed by atoms with E-state index in [1.807, 2.05) is 0 Å². The molecule has 0 unspecified atom stereocenters. The second kappa shape index (κ2) is 6.19. The summed E-state index contributed by atoms with van der Waals surface area (Å²) < 4.78 is 0. The van der Waals surface area contributed by atoms with Gasteiger partial charge in [0.15, 0.2) is 0 Å². The van der Waals surface area contributed by atoms with Crippen LogP contribution in [0.2, 0.25) is 0 Å². The van der Waals surface area contributed by atoms with Gasteiger partial charge in [0.1, 0.15) is 5.82 Å². The van der Waals surface area contributed by atoms with Crippen LogP contribution < -0.4 is 11.1 Å². The normalized spacial score (nSPS) is 10.6. The van der Waals surface area contributed by atoms with Crippen LogP contribution in [0.25, 0.3) is 0 Å². The van der Waals surface area contributed by atoms with Crippen molar-refractivity contribution in [3.05, 3.63) is 12.3 Å². The van der Waals surface area contributed by atoms with Gasteiger partial charge in [0.25, 0.3) is 0 Å². The first-order chi connectivity index (χ1) is 7.18. The highest BCUT2D eigenvalue weighted by molar-refractivity contribution is 5.34. The van der Waals surface area contributed by atoms with Gasteiger partial charge in [-0.3, -0.25) is 0 Å². The lowest BCUT2D eigenvalue weighted by molar-refractivity contribution is 0.396. The smallest absolute Gasteiger partial charge is 0.224 e. The quantitative estimate of drug-likeness (QED) is 0.679. The molecule has 0 aliphatic rings. The summed E-state index contributed by atoms with van der Waals surface area (Å²) in [5.41, 5.74) is 5.53. The van der Waals surface area contributed by atoms with Crippen molar-refractivity contribution in [3.8, 4) is 0 Å². The summed E-state index contributed by atoms with van der Waals surface area (Å²) in [6, 6.07) is 1.68. The number of unbranched alkanes of at least 4 members (excludes halogenated alkanes) is 1. The summed E-state index contributed by atoms with van der Waals surface area (Å²) in [7, 11) is 4.16. The number of nitrogen functional groups attached to an aromatic ring is 1.